The lowest BCUT2D eigenvalue weighted by Gasteiger charge is -2.40. The fourth-order valence-corrected chi connectivity index (χ4v) is 3.48. The summed E-state index contributed by atoms with van der Waals surface area (Å²) in [6, 6.07) is 0.387. The summed E-state index contributed by atoms with van der Waals surface area (Å²) in [7, 11) is 2.17. The molecule has 24 heavy (non-hydrogen) atoms. The van der Waals surface area contributed by atoms with Gasteiger partial charge in [-0.15, -0.1) is 0 Å². The Morgan fingerprint density at radius 3 is 2.62 bits per heavy atom. The molecule has 0 aromatic carbocycles. The highest BCUT2D eigenvalue weighted by atomic mass is 127. The van der Waals surface area contributed by atoms with Gasteiger partial charge in [0.25, 0.3) is 5.91 Å². The van der Waals surface area contributed by atoms with Crippen LogP contribution in [0, 0.1) is 12.3 Å². The third kappa shape index (κ3) is 5.18. The molecule has 0 spiro atoms. The number of carbonyl (C=O) groups is 1. The number of hydrogen-bond donors (Lipinski definition) is 1. The lowest BCUT2D eigenvalue weighted by molar-refractivity contribution is 0.0818. The van der Waals surface area contributed by atoms with Crippen molar-refractivity contribution in [2.75, 3.05) is 20.1 Å². The average Bonchev–Trinajstić information content (AvgIpc) is 2.97. The molecule has 1 heterocycles. The molecule has 2 unspecified atom stereocenters. The SMILES string of the molecule is CCCCN(C)C(C)C(C)(CC)CNC(=O)c1noc(CI)c1C. The van der Waals surface area contributed by atoms with Crippen molar-refractivity contribution in [2.45, 2.75) is 64.4 Å². The monoisotopic (exact) mass is 449 g/mol. The zero-order chi connectivity index (χ0) is 18.3. The van der Waals surface area contributed by atoms with Gasteiger partial charge in [-0.05, 0) is 45.7 Å². The van der Waals surface area contributed by atoms with Crippen LogP contribution in [0.5, 0.6) is 0 Å². The van der Waals surface area contributed by atoms with E-state index in [1.165, 1.54) is 12.8 Å². The highest BCUT2D eigenvalue weighted by molar-refractivity contribution is 14.1. The molecule has 0 saturated heterocycles. The molecule has 0 saturated carbocycles. The Morgan fingerprint density at radius 1 is 1.46 bits per heavy atom. The Morgan fingerprint density at radius 2 is 2.12 bits per heavy atom. The Labute approximate surface area is 160 Å². The Kier molecular flexibility index (Phi) is 8.70. The number of rotatable bonds is 10. The van der Waals surface area contributed by atoms with Crippen LogP contribution in [0.2, 0.25) is 0 Å². The standard InChI is InChI=1S/C18H32IN3O2/c1-7-9-10-22(6)14(4)18(5,8-2)12-20-17(23)16-13(3)15(11-19)24-21-16/h14H,7-12H2,1-6H3,(H,20,23). The maximum atomic E-state index is 12.5. The van der Waals surface area contributed by atoms with Crippen molar-refractivity contribution in [1.82, 2.24) is 15.4 Å². The van der Waals surface area contributed by atoms with Gasteiger partial charge in [0.15, 0.2) is 5.69 Å². The van der Waals surface area contributed by atoms with E-state index in [2.05, 4.69) is 72.7 Å². The molecule has 0 aliphatic carbocycles. The number of nitrogens with one attached hydrogen (secondary N) is 1. The number of aromatic nitrogens is 1. The quantitative estimate of drug-likeness (QED) is 0.430. The Hall–Kier alpha value is -0.630. The first-order valence-electron chi connectivity index (χ1n) is 8.80. The fourth-order valence-electron chi connectivity index (χ4n) is 2.77. The van der Waals surface area contributed by atoms with Gasteiger partial charge in [-0.25, -0.2) is 0 Å². The largest absolute Gasteiger partial charge is 0.359 e. The first-order valence-corrected chi connectivity index (χ1v) is 10.3. The van der Waals surface area contributed by atoms with Crippen LogP contribution in [-0.2, 0) is 4.43 Å². The minimum atomic E-state index is -0.143. The number of alkyl halides is 1. The van der Waals surface area contributed by atoms with Gasteiger partial charge in [-0.3, -0.25) is 4.79 Å². The molecule has 1 N–H and O–H groups in total. The normalized spacial score (nSPS) is 15.3. The highest BCUT2D eigenvalue weighted by Gasteiger charge is 2.33. The molecular weight excluding hydrogens is 417 g/mol. The van der Waals surface area contributed by atoms with E-state index >= 15 is 0 Å². The minimum Gasteiger partial charge on any atom is -0.359 e. The summed E-state index contributed by atoms with van der Waals surface area (Å²) in [6.07, 6.45) is 3.40. The van der Waals surface area contributed by atoms with E-state index in [-0.39, 0.29) is 11.3 Å². The van der Waals surface area contributed by atoms with E-state index in [1.807, 2.05) is 6.92 Å². The number of hydrogen-bond acceptors (Lipinski definition) is 4. The molecule has 1 amide bonds. The molecule has 0 radical (unpaired) electrons. The first-order chi connectivity index (χ1) is 11.3. The summed E-state index contributed by atoms with van der Waals surface area (Å²) >= 11 is 2.21. The maximum absolute atomic E-state index is 12.5. The molecule has 1 aromatic heterocycles. The summed E-state index contributed by atoms with van der Waals surface area (Å²) in [5.41, 5.74) is 1.27. The van der Waals surface area contributed by atoms with Gasteiger partial charge in [0.1, 0.15) is 5.76 Å². The number of amides is 1. The van der Waals surface area contributed by atoms with Crippen LogP contribution in [0.4, 0.5) is 0 Å². The second-order valence-corrected chi connectivity index (χ2v) is 7.68. The van der Waals surface area contributed by atoms with Crippen molar-refractivity contribution in [2.24, 2.45) is 5.41 Å². The van der Waals surface area contributed by atoms with Crippen molar-refractivity contribution < 1.29 is 9.32 Å². The second kappa shape index (κ2) is 9.75. The number of carbonyl (C=O) groups excluding carboxylic acids is 1. The van der Waals surface area contributed by atoms with E-state index in [0.29, 0.717) is 18.3 Å². The van der Waals surface area contributed by atoms with E-state index in [4.69, 9.17) is 4.52 Å². The average molecular weight is 449 g/mol. The van der Waals surface area contributed by atoms with Gasteiger partial charge in [0, 0.05) is 18.2 Å². The molecule has 0 aliphatic rings. The Balaban J connectivity index is 2.73. The number of halogens is 1. The van der Waals surface area contributed by atoms with E-state index < -0.39 is 0 Å². The van der Waals surface area contributed by atoms with Crippen LogP contribution in [0.3, 0.4) is 0 Å². The second-order valence-electron chi connectivity index (χ2n) is 6.91. The lowest BCUT2D eigenvalue weighted by atomic mass is 9.79. The highest BCUT2D eigenvalue weighted by Crippen LogP contribution is 2.28. The Bertz CT molecular complexity index is 532. The molecule has 2 atom stereocenters. The molecule has 0 aliphatic heterocycles. The molecule has 0 fully saturated rings. The van der Waals surface area contributed by atoms with Gasteiger partial charge >= 0.3 is 0 Å². The lowest BCUT2D eigenvalue weighted by Crippen LogP contribution is -2.49. The van der Waals surface area contributed by atoms with Gasteiger partial charge in [-0.1, -0.05) is 54.9 Å². The van der Waals surface area contributed by atoms with Crippen molar-refractivity contribution >= 4 is 28.5 Å². The smallest absolute Gasteiger partial charge is 0.273 e. The maximum Gasteiger partial charge on any atom is 0.273 e. The van der Waals surface area contributed by atoms with Gasteiger partial charge < -0.3 is 14.7 Å². The topological polar surface area (TPSA) is 58.4 Å². The van der Waals surface area contributed by atoms with Crippen molar-refractivity contribution in [3.63, 3.8) is 0 Å². The molecular formula is C18H32IN3O2. The predicted octanol–water partition coefficient (Wildman–Crippen LogP) is 4.18. The van der Waals surface area contributed by atoms with Crippen LogP contribution in [0.15, 0.2) is 4.52 Å². The molecule has 5 nitrogen and oxygen atoms in total. The molecule has 6 heteroatoms. The fraction of sp³-hybridized carbons (Fsp3) is 0.778. The van der Waals surface area contributed by atoms with Crippen molar-refractivity contribution in [1.29, 1.82) is 0 Å². The molecule has 1 rings (SSSR count). The van der Waals surface area contributed by atoms with Gasteiger partial charge in [0.2, 0.25) is 0 Å². The third-order valence-electron chi connectivity index (χ3n) is 5.35. The summed E-state index contributed by atoms with van der Waals surface area (Å²) in [6.45, 7) is 12.5. The van der Waals surface area contributed by atoms with Gasteiger partial charge in [0.05, 0.1) is 4.43 Å². The van der Waals surface area contributed by atoms with E-state index in [9.17, 15) is 4.79 Å². The van der Waals surface area contributed by atoms with Crippen molar-refractivity contribution in [3.8, 4) is 0 Å². The molecule has 0 bridgehead atoms. The number of unbranched alkanes of at least 4 members (excludes halogenated alkanes) is 1. The first kappa shape index (κ1) is 21.4. The summed E-state index contributed by atoms with van der Waals surface area (Å²) < 4.78 is 5.95. The summed E-state index contributed by atoms with van der Waals surface area (Å²) in [5, 5.41) is 7.00. The summed E-state index contributed by atoms with van der Waals surface area (Å²) in [4.78, 5) is 14.9. The summed E-state index contributed by atoms with van der Waals surface area (Å²) in [5.74, 6) is 0.627. The van der Waals surface area contributed by atoms with Crippen molar-refractivity contribution in [3.05, 3.63) is 17.0 Å². The predicted molar refractivity (Wildman–Crippen MR) is 107 cm³/mol. The van der Waals surface area contributed by atoms with Crippen LogP contribution in [0.1, 0.15) is 68.8 Å². The minimum absolute atomic E-state index is 0.0158. The van der Waals surface area contributed by atoms with Crippen LogP contribution in [-0.4, -0.2) is 42.1 Å². The van der Waals surface area contributed by atoms with Crippen LogP contribution < -0.4 is 5.32 Å². The van der Waals surface area contributed by atoms with Crippen LogP contribution >= 0.6 is 22.6 Å². The zero-order valence-electron chi connectivity index (χ0n) is 15.9. The molecule has 138 valence electrons. The third-order valence-corrected chi connectivity index (χ3v) is 6.04. The zero-order valence-corrected chi connectivity index (χ0v) is 18.1. The molecule has 1 aromatic rings. The van der Waals surface area contributed by atoms with Gasteiger partial charge in [-0.2, -0.15) is 0 Å². The van der Waals surface area contributed by atoms with Crippen LogP contribution in [0.25, 0.3) is 0 Å². The van der Waals surface area contributed by atoms with E-state index in [1.54, 1.807) is 0 Å². The number of nitrogens with zero attached hydrogens (tertiary/aromatic N) is 2. The van der Waals surface area contributed by atoms with E-state index in [0.717, 1.165) is 28.7 Å².